The highest BCUT2D eigenvalue weighted by Gasteiger charge is 2.16. The minimum atomic E-state index is -0.475. The lowest BCUT2D eigenvalue weighted by molar-refractivity contribution is 0.0525. The van der Waals surface area contributed by atoms with Crippen LogP contribution >= 0.6 is 0 Å². The minimum Gasteiger partial charge on any atom is -0.444 e. The van der Waals surface area contributed by atoms with Gasteiger partial charge in [-0.1, -0.05) is 37.3 Å². The lowest BCUT2D eigenvalue weighted by atomic mass is 9.99. The molecule has 2 rings (SSSR count). The number of nitrogens with one attached hydrogen (secondary N) is 1. The number of alkyl carbamates (subject to hydrolysis) is 1. The second-order valence-electron chi connectivity index (χ2n) is 6.62. The molecule has 0 saturated carbocycles. The summed E-state index contributed by atoms with van der Waals surface area (Å²) in [7, 11) is 0. The topological polar surface area (TPSA) is 51.2 Å². The van der Waals surface area contributed by atoms with Gasteiger partial charge in [-0.25, -0.2) is 4.79 Å². The number of rotatable bonds is 4. The fraction of sp³-hybridized carbons (Fsp3) is 0.368. The van der Waals surface area contributed by atoms with E-state index >= 15 is 0 Å². The van der Waals surface area contributed by atoms with Crippen LogP contribution in [-0.4, -0.2) is 23.2 Å². The summed E-state index contributed by atoms with van der Waals surface area (Å²) < 4.78 is 5.24. The van der Waals surface area contributed by atoms with Crippen LogP contribution in [-0.2, 0) is 4.74 Å². The van der Waals surface area contributed by atoms with Crippen molar-refractivity contribution < 1.29 is 9.53 Å². The summed E-state index contributed by atoms with van der Waals surface area (Å²) in [5.74, 6) is 0.209. The number of pyridine rings is 1. The van der Waals surface area contributed by atoms with Crippen LogP contribution in [0.3, 0.4) is 0 Å². The first kappa shape index (κ1) is 17.0. The first-order valence-corrected chi connectivity index (χ1v) is 7.83. The molecule has 1 unspecified atom stereocenters. The Kier molecular flexibility index (Phi) is 5.37. The van der Waals surface area contributed by atoms with Crippen molar-refractivity contribution in [3.63, 3.8) is 0 Å². The van der Waals surface area contributed by atoms with E-state index in [-0.39, 0.29) is 12.0 Å². The predicted molar refractivity (Wildman–Crippen MR) is 92.3 cm³/mol. The Balaban J connectivity index is 1.93. The molecule has 1 aromatic heterocycles. The Hall–Kier alpha value is -2.36. The first-order chi connectivity index (χ1) is 10.8. The van der Waals surface area contributed by atoms with Crippen LogP contribution in [0.5, 0.6) is 0 Å². The van der Waals surface area contributed by atoms with Gasteiger partial charge in [-0.3, -0.25) is 4.98 Å². The Morgan fingerprint density at radius 3 is 2.43 bits per heavy atom. The van der Waals surface area contributed by atoms with Gasteiger partial charge >= 0.3 is 6.09 Å². The Labute approximate surface area is 137 Å². The van der Waals surface area contributed by atoms with Gasteiger partial charge in [-0.05, 0) is 44.4 Å². The van der Waals surface area contributed by atoms with Crippen LogP contribution in [0, 0.1) is 0 Å². The molecule has 0 aliphatic heterocycles. The quantitative estimate of drug-likeness (QED) is 0.911. The van der Waals surface area contributed by atoms with E-state index in [1.54, 1.807) is 6.20 Å². The van der Waals surface area contributed by atoms with E-state index in [4.69, 9.17) is 4.74 Å². The predicted octanol–water partition coefficient (Wildman–Crippen LogP) is 4.38. The maximum atomic E-state index is 11.7. The van der Waals surface area contributed by atoms with Crippen LogP contribution in [0.2, 0.25) is 0 Å². The third kappa shape index (κ3) is 5.40. The number of hydrogen-bond acceptors (Lipinski definition) is 3. The lowest BCUT2D eigenvalue weighted by Crippen LogP contribution is -2.34. The molecule has 4 heteroatoms. The molecule has 1 heterocycles. The van der Waals surface area contributed by atoms with Crippen LogP contribution in [0.25, 0.3) is 11.3 Å². The first-order valence-electron chi connectivity index (χ1n) is 7.83. The van der Waals surface area contributed by atoms with Crippen molar-refractivity contribution in [2.75, 3.05) is 6.54 Å². The molecule has 23 heavy (non-hydrogen) atoms. The molecule has 0 bridgehead atoms. The van der Waals surface area contributed by atoms with Gasteiger partial charge in [0, 0.05) is 18.3 Å². The van der Waals surface area contributed by atoms with Gasteiger partial charge in [0.2, 0.25) is 0 Å². The van der Waals surface area contributed by atoms with Crippen molar-refractivity contribution in [3.8, 4) is 11.3 Å². The number of nitrogens with zero attached hydrogens (tertiary/aromatic N) is 1. The SMILES string of the molecule is CC(CNC(=O)OC(C)(C)C)c1ccc(-c2ccccn2)cc1. The van der Waals surface area contributed by atoms with E-state index in [2.05, 4.69) is 41.5 Å². The summed E-state index contributed by atoms with van der Waals surface area (Å²) in [6.45, 7) is 8.18. The van der Waals surface area contributed by atoms with Gasteiger partial charge in [0.05, 0.1) is 5.69 Å². The summed E-state index contributed by atoms with van der Waals surface area (Å²) in [6.07, 6.45) is 1.41. The molecule has 0 aliphatic carbocycles. The highest BCUT2D eigenvalue weighted by Crippen LogP contribution is 2.21. The normalized spacial score (nSPS) is 12.5. The van der Waals surface area contributed by atoms with Crippen LogP contribution < -0.4 is 5.32 Å². The zero-order valence-corrected chi connectivity index (χ0v) is 14.2. The Morgan fingerprint density at radius 1 is 1.17 bits per heavy atom. The monoisotopic (exact) mass is 312 g/mol. The van der Waals surface area contributed by atoms with Gasteiger partial charge in [0.25, 0.3) is 0 Å². The number of amides is 1. The van der Waals surface area contributed by atoms with Crippen molar-refractivity contribution in [1.29, 1.82) is 0 Å². The molecule has 122 valence electrons. The van der Waals surface area contributed by atoms with Gasteiger partial charge in [-0.2, -0.15) is 0 Å². The van der Waals surface area contributed by atoms with Crippen LogP contribution in [0.15, 0.2) is 48.7 Å². The molecule has 0 saturated heterocycles. The lowest BCUT2D eigenvalue weighted by Gasteiger charge is -2.21. The van der Waals surface area contributed by atoms with Gasteiger partial charge in [-0.15, -0.1) is 0 Å². The maximum Gasteiger partial charge on any atom is 0.407 e. The maximum absolute atomic E-state index is 11.7. The second-order valence-corrected chi connectivity index (χ2v) is 6.62. The number of hydrogen-bond donors (Lipinski definition) is 1. The Bertz CT molecular complexity index is 631. The number of aromatic nitrogens is 1. The molecule has 1 aromatic carbocycles. The highest BCUT2D eigenvalue weighted by atomic mass is 16.6. The van der Waals surface area contributed by atoms with Crippen molar-refractivity contribution in [2.45, 2.75) is 39.2 Å². The second kappa shape index (κ2) is 7.27. The van der Waals surface area contributed by atoms with Gasteiger partial charge in [0.1, 0.15) is 5.60 Å². The summed E-state index contributed by atoms with van der Waals surface area (Å²) in [5, 5.41) is 2.81. The number of carbonyl (C=O) groups is 1. The smallest absolute Gasteiger partial charge is 0.407 e. The fourth-order valence-electron chi connectivity index (χ4n) is 2.18. The molecule has 1 N–H and O–H groups in total. The minimum absolute atomic E-state index is 0.209. The number of carbonyl (C=O) groups excluding carboxylic acids is 1. The molecule has 4 nitrogen and oxygen atoms in total. The molecule has 2 aromatic rings. The standard InChI is InChI=1S/C19H24N2O2/c1-14(13-21-18(22)23-19(2,3)4)15-8-10-16(11-9-15)17-7-5-6-12-20-17/h5-12,14H,13H2,1-4H3,(H,21,22). The van der Waals surface area contributed by atoms with E-state index in [1.807, 2.05) is 39.0 Å². The molecule has 0 spiro atoms. The Morgan fingerprint density at radius 2 is 1.87 bits per heavy atom. The molecular formula is C19H24N2O2. The molecule has 0 radical (unpaired) electrons. The summed E-state index contributed by atoms with van der Waals surface area (Å²) in [5.41, 5.74) is 2.73. The highest BCUT2D eigenvalue weighted by molar-refractivity contribution is 5.67. The van der Waals surface area contributed by atoms with Gasteiger partial charge in [0.15, 0.2) is 0 Å². The van der Waals surface area contributed by atoms with Crippen LogP contribution in [0.4, 0.5) is 4.79 Å². The van der Waals surface area contributed by atoms with E-state index in [1.165, 1.54) is 5.56 Å². The number of ether oxygens (including phenoxy) is 1. The number of benzene rings is 1. The van der Waals surface area contributed by atoms with Crippen molar-refractivity contribution in [2.24, 2.45) is 0 Å². The van der Waals surface area contributed by atoms with Crippen molar-refractivity contribution in [1.82, 2.24) is 10.3 Å². The fourth-order valence-corrected chi connectivity index (χ4v) is 2.18. The van der Waals surface area contributed by atoms with Gasteiger partial charge < -0.3 is 10.1 Å². The summed E-state index contributed by atoms with van der Waals surface area (Å²) in [6, 6.07) is 14.1. The molecular weight excluding hydrogens is 288 g/mol. The third-order valence-electron chi connectivity index (χ3n) is 3.39. The zero-order valence-electron chi connectivity index (χ0n) is 14.2. The van der Waals surface area contributed by atoms with E-state index in [0.29, 0.717) is 6.54 Å². The average molecular weight is 312 g/mol. The molecule has 0 aliphatic rings. The van der Waals surface area contributed by atoms with Crippen molar-refractivity contribution in [3.05, 3.63) is 54.2 Å². The summed E-state index contributed by atoms with van der Waals surface area (Å²) >= 11 is 0. The van der Waals surface area contributed by atoms with E-state index in [9.17, 15) is 4.79 Å². The largest absolute Gasteiger partial charge is 0.444 e. The molecule has 0 fully saturated rings. The molecule has 1 amide bonds. The average Bonchev–Trinajstić information content (AvgIpc) is 2.52. The molecule has 1 atom stereocenters. The summed E-state index contributed by atoms with van der Waals surface area (Å²) in [4.78, 5) is 16.0. The van der Waals surface area contributed by atoms with Crippen LogP contribution in [0.1, 0.15) is 39.2 Å². The van der Waals surface area contributed by atoms with E-state index < -0.39 is 5.60 Å². The van der Waals surface area contributed by atoms with Crippen molar-refractivity contribution >= 4 is 6.09 Å². The third-order valence-corrected chi connectivity index (χ3v) is 3.39. The van der Waals surface area contributed by atoms with E-state index in [0.717, 1.165) is 11.3 Å². The zero-order chi connectivity index (χ0) is 16.9.